The number of carbonyl (C=O) groups excluding carboxylic acids is 1. The molecule has 0 saturated carbocycles. The fourth-order valence-corrected chi connectivity index (χ4v) is 1.27. The highest BCUT2D eigenvalue weighted by Gasteiger charge is 2.10. The minimum absolute atomic E-state index is 0.0509. The molecule has 0 aliphatic carbocycles. The third-order valence-corrected chi connectivity index (χ3v) is 1.89. The van der Waals surface area contributed by atoms with Crippen LogP contribution in [0.1, 0.15) is 35.6 Å². The Morgan fingerprint density at radius 2 is 2.00 bits per heavy atom. The highest BCUT2D eigenvalue weighted by Crippen LogP contribution is 2.06. The van der Waals surface area contributed by atoms with E-state index in [4.69, 9.17) is 0 Å². The van der Waals surface area contributed by atoms with Gasteiger partial charge in [0.25, 0.3) is 5.91 Å². The van der Waals surface area contributed by atoms with E-state index >= 15 is 0 Å². The van der Waals surface area contributed by atoms with Crippen molar-refractivity contribution in [1.82, 2.24) is 10.3 Å². The number of aryl methyl sites for hydroxylation is 2. The van der Waals surface area contributed by atoms with Crippen molar-refractivity contribution in [3.8, 4) is 0 Å². The first-order chi connectivity index (χ1) is 6.50. The molecule has 76 valence electrons. The summed E-state index contributed by atoms with van der Waals surface area (Å²) >= 11 is 0. The molecule has 0 bridgehead atoms. The standard InChI is InChI=1S/C11H16N2O/c1-7(2)12-11(14)10-6-5-8(3)13-9(10)4/h5-7H,1-4H3,(H,12,14). The lowest BCUT2D eigenvalue weighted by molar-refractivity contribution is 0.0942. The molecule has 1 aromatic rings. The van der Waals surface area contributed by atoms with Crippen molar-refractivity contribution in [2.75, 3.05) is 0 Å². The number of nitrogens with one attached hydrogen (secondary N) is 1. The van der Waals surface area contributed by atoms with Crippen LogP contribution < -0.4 is 5.32 Å². The van der Waals surface area contributed by atoms with Gasteiger partial charge in [0.05, 0.1) is 11.3 Å². The van der Waals surface area contributed by atoms with E-state index in [9.17, 15) is 4.79 Å². The van der Waals surface area contributed by atoms with Crippen LogP contribution in [0.25, 0.3) is 0 Å². The zero-order chi connectivity index (χ0) is 10.7. The number of amides is 1. The number of pyridine rings is 1. The average molecular weight is 192 g/mol. The van der Waals surface area contributed by atoms with Gasteiger partial charge in [0, 0.05) is 11.7 Å². The third-order valence-electron chi connectivity index (χ3n) is 1.89. The number of rotatable bonds is 2. The van der Waals surface area contributed by atoms with Crippen molar-refractivity contribution in [3.05, 3.63) is 29.1 Å². The van der Waals surface area contributed by atoms with Crippen molar-refractivity contribution in [3.63, 3.8) is 0 Å². The number of hydrogen-bond donors (Lipinski definition) is 1. The second kappa shape index (κ2) is 4.22. The summed E-state index contributed by atoms with van der Waals surface area (Å²) in [4.78, 5) is 15.9. The van der Waals surface area contributed by atoms with Crippen LogP contribution in [0.3, 0.4) is 0 Å². The van der Waals surface area contributed by atoms with E-state index in [1.54, 1.807) is 0 Å². The number of aromatic nitrogens is 1. The first-order valence-corrected chi connectivity index (χ1v) is 4.76. The fraction of sp³-hybridized carbons (Fsp3) is 0.455. The molecule has 0 aromatic carbocycles. The maximum Gasteiger partial charge on any atom is 0.253 e. The molecule has 3 heteroatoms. The van der Waals surface area contributed by atoms with Gasteiger partial charge in [-0.1, -0.05) is 0 Å². The Balaban J connectivity index is 2.90. The van der Waals surface area contributed by atoms with Gasteiger partial charge >= 0.3 is 0 Å². The molecule has 3 nitrogen and oxygen atoms in total. The molecule has 0 fully saturated rings. The van der Waals surface area contributed by atoms with Gasteiger partial charge in [-0.2, -0.15) is 0 Å². The summed E-state index contributed by atoms with van der Waals surface area (Å²) in [5.74, 6) is -0.0509. The van der Waals surface area contributed by atoms with Crippen molar-refractivity contribution in [1.29, 1.82) is 0 Å². The zero-order valence-electron chi connectivity index (χ0n) is 9.09. The van der Waals surface area contributed by atoms with Gasteiger partial charge in [0.1, 0.15) is 0 Å². The van der Waals surface area contributed by atoms with Crippen LogP contribution in [0, 0.1) is 13.8 Å². The van der Waals surface area contributed by atoms with Crippen LogP contribution in [-0.4, -0.2) is 16.9 Å². The molecular formula is C11H16N2O. The maximum atomic E-state index is 11.6. The topological polar surface area (TPSA) is 42.0 Å². The number of hydrogen-bond acceptors (Lipinski definition) is 2. The van der Waals surface area contributed by atoms with Gasteiger partial charge in [-0.15, -0.1) is 0 Å². The van der Waals surface area contributed by atoms with Gasteiger partial charge in [-0.25, -0.2) is 0 Å². The molecule has 1 amide bonds. The minimum Gasteiger partial charge on any atom is -0.350 e. The zero-order valence-corrected chi connectivity index (χ0v) is 9.09. The summed E-state index contributed by atoms with van der Waals surface area (Å²) < 4.78 is 0. The first kappa shape index (κ1) is 10.7. The van der Waals surface area contributed by atoms with Gasteiger partial charge in [-0.3, -0.25) is 9.78 Å². The van der Waals surface area contributed by atoms with Gasteiger partial charge in [0.2, 0.25) is 0 Å². The number of carbonyl (C=O) groups is 1. The van der Waals surface area contributed by atoms with Crippen molar-refractivity contribution >= 4 is 5.91 Å². The molecule has 1 rings (SSSR count). The summed E-state index contributed by atoms with van der Waals surface area (Å²) in [6.07, 6.45) is 0. The predicted molar refractivity (Wildman–Crippen MR) is 56.3 cm³/mol. The van der Waals surface area contributed by atoms with Gasteiger partial charge in [0.15, 0.2) is 0 Å². The molecule has 0 radical (unpaired) electrons. The molecular weight excluding hydrogens is 176 g/mol. The summed E-state index contributed by atoms with van der Waals surface area (Å²) in [7, 11) is 0. The highest BCUT2D eigenvalue weighted by molar-refractivity contribution is 5.95. The second-order valence-electron chi connectivity index (χ2n) is 3.71. The van der Waals surface area contributed by atoms with E-state index in [1.807, 2.05) is 39.8 Å². The summed E-state index contributed by atoms with van der Waals surface area (Å²) in [6.45, 7) is 7.64. The van der Waals surface area contributed by atoms with E-state index in [-0.39, 0.29) is 11.9 Å². The van der Waals surface area contributed by atoms with Crippen molar-refractivity contribution in [2.45, 2.75) is 33.7 Å². The van der Waals surface area contributed by atoms with Crippen LogP contribution in [-0.2, 0) is 0 Å². The monoisotopic (exact) mass is 192 g/mol. The predicted octanol–water partition coefficient (Wildman–Crippen LogP) is 1.84. The van der Waals surface area contributed by atoms with Crippen molar-refractivity contribution in [2.24, 2.45) is 0 Å². The molecule has 0 aliphatic heterocycles. The molecule has 0 saturated heterocycles. The molecule has 1 aromatic heterocycles. The molecule has 0 atom stereocenters. The van der Waals surface area contributed by atoms with E-state index < -0.39 is 0 Å². The quantitative estimate of drug-likeness (QED) is 0.776. The Kier molecular flexibility index (Phi) is 3.23. The Morgan fingerprint density at radius 1 is 1.36 bits per heavy atom. The van der Waals surface area contributed by atoms with Gasteiger partial charge < -0.3 is 5.32 Å². The van der Waals surface area contributed by atoms with E-state index in [0.717, 1.165) is 11.4 Å². The molecule has 14 heavy (non-hydrogen) atoms. The summed E-state index contributed by atoms with van der Waals surface area (Å²) in [6, 6.07) is 3.82. The third kappa shape index (κ3) is 2.55. The molecule has 1 N–H and O–H groups in total. The van der Waals surface area contributed by atoms with Crippen LogP contribution >= 0.6 is 0 Å². The molecule has 0 unspecified atom stereocenters. The Bertz CT molecular complexity index is 345. The van der Waals surface area contributed by atoms with Crippen LogP contribution in [0.4, 0.5) is 0 Å². The minimum atomic E-state index is -0.0509. The summed E-state index contributed by atoms with van der Waals surface area (Å²) in [5, 5.41) is 2.84. The van der Waals surface area contributed by atoms with Crippen LogP contribution in [0.2, 0.25) is 0 Å². The number of nitrogens with zero attached hydrogens (tertiary/aromatic N) is 1. The second-order valence-corrected chi connectivity index (χ2v) is 3.71. The lowest BCUT2D eigenvalue weighted by Crippen LogP contribution is -2.30. The lowest BCUT2D eigenvalue weighted by Gasteiger charge is -2.09. The SMILES string of the molecule is Cc1ccc(C(=O)NC(C)C)c(C)n1. The Hall–Kier alpha value is -1.38. The summed E-state index contributed by atoms with van der Waals surface area (Å²) in [5.41, 5.74) is 2.37. The van der Waals surface area contributed by atoms with Crippen LogP contribution in [0.15, 0.2) is 12.1 Å². The molecule has 1 heterocycles. The highest BCUT2D eigenvalue weighted by atomic mass is 16.1. The maximum absolute atomic E-state index is 11.6. The van der Waals surface area contributed by atoms with Gasteiger partial charge in [-0.05, 0) is 39.8 Å². The fourth-order valence-electron chi connectivity index (χ4n) is 1.27. The molecule has 0 aliphatic rings. The van der Waals surface area contributed by atoms with E-state index in [1.165, 1.54) is 0 Å². The van der Waals surface area contributed by atoms with E-state index in [2.05, 4.69) is 10.3 Å². The van der Waals surface area contributed by atoms with E-state index in [0.29, 0.717) is 5.56 Å². The molecule has 0 spiro atoms. The Labute approximate surface area is 84.6 Å². The smallest absolute Gasteiger partial charge is 0.253 e. The normalized spacial score (nSPS) is 10.4. The Morgan fingerprint density at radius 3 is 2.50 bits per heavy atom. The van der Waals surface area contributed by atoms with Crippen molar-refractivity contribution < 1.29 is 4.79 Å². The average Bonchev–Trinajstić information content (AvgIpc) is 2.01. The first-order valence-electron chi connectivity index (χ1n) is 4.76. The van der Waals surface area contributed by atoms with Crippen LogP contribution in [0.5, 0.6) is 0 Å². The lowest BCUT2D eigenvalue weighted by atomic mass is 10.1. The largest absolute Gasteiger partial charge is 0.350 e.